The van der Waals surface area contributed by atoms with Crippen LogP contribution in [0.25, 0.3) is 0 Å². The van der Waals surface area contributed by atoms with Crippen LogP contribution in [0.5, 0.6) is 11.5 Å². The Morgan fingerprint density at radius 3 is 1.42 bits per heavy atom. The quantitative estimate of drug-likeness (QED) is 0.354. The van der Waals surface area contributed by atoms with Crippen LogP contribution in [0.2, 0.25) is 0 Å². The minimum absolute atomic E-state index is 0.163. The first kappa shape index (κ1) is 37.8. The van der Waals surface area contributed by atoms with Crippen LogP contribution in [0, 0.1) is 19.8 Å². The molecule has 2 heterocycles. The molecule has 2 aliphatic rings. The van der Waals surface area contributed by atoms with Crippen LogP contribution in [-0.4, -0.2) is 70.6 Å². The van der Waals surface area contributed by atoms with E-state index in [9.17, 15) is 9.59 Å². The lowest BCUT2D eigenvalue weighted by Gasteiger charge is -2.33. The van der Waals surface area contributed by atoms with Gasteiger partial charge in [-0.25, -0.2) is 9.59 Å². The molecule has 8 heteroatoms. The van der Waals surface area contributed by atoms with Gasteiger partial charge in [0.25, 0.3) is 0 Å². The van der Waals surface area contributed by atoms with Crippen molar-refractivity contribution in [2.24, 2.45) is 5.92 Å². The van der Waals surface area contributed by atoms with E-state index < -0.39 is 5.60 Å². The molecule has 0 bridgehead atoms. The second-order valence-corrected chi connectivity index (χ2v) is 13.6. The number of aryl methyl sites for hydroxylation is 2. The molecule has 2 amide bonds. The van der Waals surface area contributed by atoms with Gasteiger partial charge in [0.05, 0.1) is 0 Å². The zero-order valence-corrected chi connectivity index (χ0v) is 29.8. The van der Waals surface area contributed by atoms with Gasteiger partial charge in [-0.1, -0.05) is 57.1 Å². The first-order valence-electron chi connectivity index (χ1n) is 17.5. The molecule has 8 nitrogen and oxygen atoms in total. The minimum Gasteiger partial charge on any atom is -0.508 e. The summed E-state index contributed by atoms with van der Waals surface area (Å²) in [6, 6.07) is 15.2. The summed E-state index contributed by atoms with van der Waals surface area (Å²) in [7, 11) is 2.50. The number of phenols is 1. The number of aromatic hydroxyl groups is 1. The Morgan fingerprint density at radius 1 is 0.711 bits per heavy atom. The SMILES string of the molecule is CC1CCN(C(=O)OC(C)(C)C)CC1.Cc1ccc(O)cc1.Cc1ccc(OC2CCN(C(=O)OC(C)(C)C)CC2)cc1.[3H]C.[3H]C. The zero-order valence-electron chi connectivity index (χ0n) is 31.8. The van der Waals surface area contributed by atoms with Crippen LogP contribution in [-0.2, 0) is 9.47 Å². The van der Waals surface area contributed by atoms with Crippen molar-refractivity contribution in [1.82, 2.24) is 9.80 Å². The van der Waals surface area contributed by atoms with Crippen LogP contribution in [0.1, 0.15) is 103 Å². The number of carbonyl (C=O) groups excluding carboxylic acids is 2. The summed E-state index contributed by atoms with van der Waals surface area (Å²) < 4.78 is 28.1. The van der Waals surface area contributed by atoms with Gasteiger partial charge < -0.3 is 29.1 Å². The standard InChI is InChI=1S/C17H25NO3.C11H21NO2.C7H8O.2CH4/c1-13-5-7-14(8-6-13)20-15-9-11-18(12-10-15)16(19)21-17(2,3)4;1-9-5-7-12(8-6-9)10(13)14-11(2,3)4;1-6-2-4-7(8)5-3-6;;/h5-8,15H,9-12H2,1-4H3;9H,5-8H2,1-4H3;2-5,8H,1H3;2*1H4/i;;;2*1T. The van der Waals surface area contributed by atoms with Crippen molar-refractivity contribution in [1.29, 1.82) is 0 Å². The van der Waals surface area contributed by atoms with Crippen LogP contribution >= 0.6 is 0 Å². The molecule has 2 aromatic rings. The van der Waals surface area contributed by atoms with Crippen molar-refractivity contribution < 1.29 is 31.6 Å². The number of piperidine rings is 2. The van der Waals surface area contributed by atoms with E-state index in [1.165, 1.54) is 25.9 Å². The Balaban J connectivity index is 0.000000699. The number of carbonyl (C=O) groups is 2. The topological polar surface area (TPSA) is 88.5 Å². The van der Waals surface area contributed by atoms with Crippen molar-refractivity contribution >= 4 is 12.2 Å². The highest BCUT2D eigenvalue weighted by molar-refractivity contribution is 5.68. The maximum Gasteiger partial charge on any atom is 0.410 e. The lowest BCUT2D eigenvalue weighted by Crippen LogP contribution is -2.44. The van der Waals surface area contributed by atoms with Gasteiger partial charge in [0.2, 0.25) is 0 Å². The van der Waals surface area contributed by atoms with Crippen LogP contribution < -0.4 is 4.74 Å². The van der Waals surface area contributed by atoms with E-state index in [2.05, 4.69) is 13.8 Å². The first-order valence-corrected chi connectivity index (χ1v) is 15.5. The van der Waals surface area contributed by atoms with Gasteiger partial charge in [0.1, 0.15) is 28.8 Å². The largest absolute Gasteiger partial charge is 0.508 e. The summed E-state index contributed by atoms with van der Waals surface area (Å²) in [5, 5.41) is 8.76. The number of hydrogen-bond donors (Lipinski definition) is 1. The third kappa shape index (κ3) is 17.6. The van der Waals surface area contributed by atoms with E-state index in [1.807, 2.05) is 89.8 Å². The number of nitrogens with zero attached hydrogens (tertiary/aromatic N) is 2. The number of benzene rings is 2. The maximum atomic E-state index is 12.0. The summed E-state index contributed by atoms with van der Waals surface area (Å²) in [6.07, 6.45) is 3.66. The van der Waals surface area contributed by atoms with Gasteiger partial charge in [-0.2, -0.15) is 0 Å². The Kier molecular flexibility index (Phi) is 16.1. The van der Waals surface area contributed by atoms with Crippen LogP contribution in [0.4, 0.5) is 9.59 Å². The number of rotatable bonds is 2. The molecule has 0 saturated carbocycles. The Bertz CT molecular complexity index is 1090. The molecular weight excluding hydrogens is 568 g/mol. The number of likely N-dealkylation sites (tertiary alicyclic amines) is 2. The van der Waals surface area contributed by atoms with Gasteiger partial charge >= 0.3 is 12.2 Å². The normalized spacial score (nSPS) is 15.8. The number of ether oxygens (including phenoxy) is 3. The van der Waals surface area contributed by atoms with Crippen molar-refractivity contribution in [2.45, 2.75) is 120 Å². The fourth-order valence-electron chi connectivity index (χ4n) is 4.35. The summed E-state index contributed by atoms with van der Waals surface area (Å²) in [6.45, 7) is 20.7. The molecule has 2 saturated heterocycles. The lowest BCUT2D eigenvalue weighted by atomic mass is 10.00. The summed E-state index contributed by atoms with van der Waals surface area (Å²) in [4.78, 5) is 27.2. The van der Waals surface area contributed by atoms with Crippen molar-refractivity contribution in [3.8, 4) is 11.5 Å². The molecule has 0 aliphatic carbocycles. The van der Waals surface area contributed by atoms with E-state index in [0.29, 0.717) is 18.8 Å². The van der Waals surface area contributed by atoms with Gasteiger partial charge in [0, 0.05) is 41.8 Å². The molecule has 0 unspecified atom stereocenters. The Morgan fingerprint density at radius 2 is 1.07 bits per heavy atom. The van der Waals surface area contributed by atoms with Crippen LogP contribution in [0.3, 0.4) is 0 Å². The summed E-state index contributed by atoms with van der Waals surface area (Å²) in [5.41, 5.74) is 1.58. The Hall–Kier alpha value is -3.42. The third-order valence-electron chi connectivity index (χ3n) is 6.89. The molecule has 2 fully saturated rings. The average molecular weight is 635 g/mol. The zero-order chi connectivity index (χ0) is 36.2. The molecule has 0 spiro atoms. The second kappa shape index (κ2) is 19.2. The van der Waals surface area contributed by atoms with Gasteiger partial charge in [-0.05, 0) is 98.4 Å². The van der Waals surface area contributed by atoms with E-state index >= 15 is 0 Å². The van der Waals surface area contributed by atoms with Crippen molar-refractivity contribution in [2.75, 3.05) is 26.2 Å². The molecule has 0 atom stereocenters. The van der Waals surface area contributed by atoms with E-state index in [0.717, 1.165) is 50.4 Å². The molecule has 1 N–H and O–H groups in total. The molecule has 0 radical (unpaired) electrons. The second-order valence-electron chi connectivity index (χ2n) is 13.6. The molecule has 45 heavy (non-hydrogen) atoms. The highest BCUT2D eigenvalue weighted by Crippen LogP contribution is 2.21. The molecule has 2 aromatic carbocycles. The fourth-order valence-corrected chi connectivity index (χ4v) is 4.35. The van der Waals surface area contributed by atoms with Gasteiger partial charge in [-0.15, -0.1) is 0 Å². The molecule has 0 aromatic heterocycles. The molecular formula is C37H62N2O6. The first-order chi connectivity index (χ1) is 22.0. The molecule has 256 valence electrons. The molecule has 4 rings (SSSR count). The van der Waals surface area contributed by atoms with Gasteiger partial charge in [-0.3, -0.25) is 0 Å². The number of phenolic OH excluding ortho intramolecular Hbond substituents is 1. The van der Waals surface area contributed by atoms with E-state index in [1.54, 1.807) is 17.0 Å². The fraction of sp³-hybridized carbons (Fsp3) is 0.622. The van der Waals surface area contributed by atoms with E-state index in [4.69, 9.17) is 22.1 Å². The summed E-state index contributed by atoms with van der Waals surface area (Å²) in [5.74, 6) is 1.97. The monoisotopic (exact) mass is 634 g/mol. The number of amides is 2. The van der Waals surface area contributed by atoms with Crippen LogP contribution in [0.15, 0.2) is 48.5 Å². The van der Waals surface area contributed by atoms with Gasteiger partial charge in [0.15, 0.2) is 0 Å². The maximum absolute atomic E-state index is 12.0. The smallest absolute Gasteiger partial charge is 0.410 e. The van der Waals surface area contributed by atoms with Crippen molar-refractivity contribution in [3.63, 3.8) is 0 Å². The van der Waals surface area contributed by atoms with Crippen molar-refractivity contribution in [3.05, 3.63) is 59.7 Å². The lowest BCUT2D eigenvalue weighted by molar-refractivity contribution is 0.0124. The Labute approximate surface area is 276 Å². The predicted molar refractivity (Wildman–Crippen MR) is 185 cm³/mol. The summed E-state index contributed by atoms with van der Waals surface area (Å²) >= 11 is 0. The average Bonchev–Trinajstić information content (AvgIpc) is 3.01. The highest BCUT2D eigenvalue weighted by atomic mass is 16.6. The number of hydrogen-bond acceptors (Lipinski definition) is 6. The minimum atomic E-state index is -0.438. The highest BCUT2D eigenvalue weighted by Gasteiger charge is 2.28. The molecule has 2 aliphatic heterocycles. The predicted octanol–water partition coefficient (Wildman–Crippen LogP) is 9.40. The van der Waals surface area contributed by atoms with E-state index in [-0.39, 0.29) is 23.9 Å². The third-order valence-corrected chi connectivity index (χ3v) is 6.89.